The van der Waals surface area contributed by atoms with E-state index >= 15 is 0 Å². The summed E-state index contributed by atoms with van der Waals surface area (Å²) in [5.74, 6) is -0.166. The summed E-state index contributed by atoms with van der Waals surface area (Å²) in [5, 5.41) is 11.1. The van der Waals surface area contributed by atoms with Crippen LogP contribution in [0.3, 0.4) is 0 Å². The first-order valence-corrected chi connectivity index (χ1v) is 9.34. The lowest BCUT2D eigenvalue weighted by Crippen LogP contribution is -2.11. The molecule has 0 unspecified atom stereocenters. The molecule has 0 saturated heterocycles. The summed E-state index contributed by atoms with van der Waals surface area (Å²) in [6.45, 7) is 3.78. The van der Waals surface area contributed by atoms with Gasteiger partial charge in [-0.15, -0.1) is 22.7 Å². The molecular formula is C17H15N5OS2. The fourth-order valence-corrected chi connectivity index (χ4v) is 4.44. The van der Waals surface area contributed by atoms with Gasteiger partial charge in [0.1, 0.15) is 9.88 Å². The van der Waals surface area contributed by atoms with Gasteiger partial charge >= 0.3 is 0 Å². The number of aryl methyl sites for hydroxylation is 3. The molecule has 1 N–H and O–H groups in total. The molecule has 6 nitrogen and oxygen atoms in total. The van der Waals surface area contributed by atoms with E-state index in [0.29, 0.717) is 10.6 Å². The molecule has 0 aliphatic rings. The molecule has 4 heterocycles. The van der Waals surface area contributed by atoms with Crippen LogP contribution in [0.15, 0.2) is 29.8 Å². The van der Waals surface area contributed by atoms with Gasteiger partial charge in [0.05, 0.1) is 28.1 Å². The van der Waals surface area contributed by atoms with Crippen LogP contribution in [0.1, 0.15) is 21.1 Å². The van der Waals surface area contributed by atoms with Crippen molar-refractivity contribution in [3.8, 4) is 9.88 Å². The minimum Gasteiger partial charge on any atom is -0.320 e. The molecule has 0 aromatic carbocycles. The maximum absolute atomic E-state index is 12.7. The Morgan fingerprint density at radius 2 is 2.12 bits per heavy atom. The summed E-state index contributed by atoms with van der Waals surface area (Å²) < 4.78 is 1.73. The Labute approximate surface area is 152 Å². The van der Waals surface area contributed by atoms with Gasteiger partial charge in [0.15, 0.2) is 5.65 Å². The normalized spacial score (nSPS) is 11.2. The molecule has 0 aliphatic carbocycles. The second-order valence-electron chi connectivity index (χ2n) is 5.67. The highest BCUT2D eigenvalue weighted by atomic mass is 32.1. The highest BCUT2D eigenvalue weighted by Gasteiger charge is 2.17. The van der Waals surface area contributed by atoms with Crippen molar-refractivity contribution in [1.82, 2.24) is 19.7 Å². The Morgan fingerprint density at radius 3 is 2.88 bits per heavy atom. The third-order valence-corrected chi connectivity index (χ3v) is 6.05. The summed E-state index contributed by atoms with van der Waals surface area (Å²) in [6.07, 6.45) is 1.65. The first-order valence-electron chi connectivity index (χ1n) is 7.65. The third kappa shape index (κ3) is 2.83. The molecule has 0 bridgehead atoms. The van der Waals surface area contributed by atoms with Gasteiger partial charge in [-0.1, -0.05) is 6.07 Å². The minimum atomic E-state index is -0.166. The van der Waals surface area contributed by atoms with Crippen molar-refractivity contribution in [1.29, 1.82) is 0 Å². The number of carbonyl (C=O) groups excluding carboxylic acids is 1. The average molecular weight is 369 g/mol. The predicted molar refractivity (Wildman–Crippen MR) is 101 cm³/mol. The Balaban J connectivity index is 1.63. The standard InChI is InChI=1S/C17H15N5OS2/c1-9-12-7-11(8-18-15(12)22(3)21-9)20-16(23)14-10(2)19-17(25-14)13-5-4-6-24-13/h4-8H,1-3H3,(H,20,23). The minimum absolute atomic E-state index is 0.166. The summed E-state index contributed by atoms with van der Waals surface area (Å²) in [5.41, 5.74) is 3.07. The summed E-state index contributed by atoms with van der Waals surface area (Å²) >= 11 is 3.02. The van der Waals surface area contributed by atoms with Crippen LogP contribution in [0.4, 0.5) is 5.69 Å². The van der Waals surface area contributed by atoms with E-state index in [2.05, 4.69) is 20.4 Å². The Kier molecular flexibility index (Phi) is 3.85. The van der Waals surface area contributed by atoms with Crippen molar-refractivity contribution in [3.63, 3.8) is 0 Å². The molecule has 126 valence electrons. The van der Waals surface area contributed by atoms with E-state index in [9.17, 15) is 4.79 Å². The van der Waals surface area contributed by atoms with Crippen molar-refractivity contribution < 1.29 is 4.79 Å². The number of anilines is 1. The fraction of sp³-hybridized carbons (Fsp3) is 0.176. The van der Waals surface area contributed by atoms with Crippen molar-refractivity contribution in [3.05, 3.63) is 46.0 Å². The molecule has 0 saturated carbocycles. The zero-order valence-electron chi connectivity index (χ0n) is 13.9. The van der Waals surface area contributed by atoms with E-state index in [0.717, 1.165) is 32.3 Å². The van der Waals surface area contributed by atoms with Gasteiger partial charge in [-0.3, -0.25) is 9.48 Å². The zero-order valence-corrected chi connectivity index (χ0v) is 15.5. The number of nitrogens with zero attached hydrogens (tertiary/aromatic N) is 4. The van der Waals surface area contributed by atoms with Crippen LogP contribution in [0.2, 0.25) is 0 Å². The molecule has 4 aromatic heterocycles. The summed E-state index contributed by atoms with van der Waals surface area (Å²) in [7, 11) is 1.85. The number of amides is 1. The van der Waals surface area contributed by atoms with Gasteiger partial charge in [-0.2, -0.15) is 5.10 Å². The monoisotopic (exact) mass is 369 g/mol. The van der Waals surface area contributed by atoms with Gasteiger partial charge in [0, 0.05) is 12.4 Å². The number of thiazole rings is 1. The zero-order chi connectivity index (χ0) is 17.6. The van der Waals surface area contributed by atoms with E-state index in [4.69, 9.17) is 0 Å². The maximum atomic E-state index is 12.7. The quantitative estimate of drug-likeness (QED) is 0.592. The Bertz CT molecular complexity index is 1080. The van der Waals surface area contributed by atoms with Crippen molar-refractivity contribution in [2.24, 2.45) is 7.05 Å². The van der Waals surface area contributed by atoms with E-state index in [-0.39, 0.29) is 5.91 Å². The molecule has 0 atom stereocenters. The lowest BCUT2D eigenvalue weighted by Gasteiger charge is -2.04. The van der Waals surface area contributed by atoms with Crippen LogP contribution in [0.25, 0.3) is 20.9 Å². The Hall–Kier alpha value is -2.58. The molecule has 25 heavy (non-hydrogen) atoms. The second-order valence-corrected chi connectivity index (χ2v) is 7.62. The van der Waals surface area contributed by atoms with Crippen LogP contribution in [-0.4, -0.2) is 25.7 Å². The number of pyridine rings is 1. The van der Waals surface area contributed by atoms with Crippen LogP contribution in [0.5, 0.6) is 0 Å². The molecule has 0 fully saturated rings. The topological polar surface area (TPSA) is 72.7 Å². The smallest absolute Gasteiger partial charge is 0.267 e. The lowest BCUT2D eigenvalue weighted by molar-refractivity contribution is 0.103. The predicted octanol–water partition coefficient (Wildman–Crippen LogP) is 4.02. The fourth-order valence-electron chi connectivity index (χ4n) is 2.68. The SMILES string of the molecule is Cc1nc(-c2cccs2)sc1C(=O)Nc1cnc2c(c1)c(C)nn2C. The van der Waals surface area contributed by atoms with Gasteiger partial charge < -0.3 is 5.32 Å². The number of rotatable bonds is 3. The number of hydrogen-bond acceptors (Lipinski definition) is 6. The molecule has 0 aliphatic heterocycles. The third-order valence-electron chi connectivity index (χ3n) is 3.86. The molecule has 4 aromatic rings. The first kappa shape index (κ1) is 15.9. The Morgan fingerprint density at radius 1 is 1.28 bits per heavy atom. The van der Waals surface area contributed by atoms with Crippen molar-refractivity contribution in [2.75, 3.05) is 5.32 Å². The molecule has 1 amide bonds. The van der Waals surface area contributed by atoms with Crippen molar-refractivity contribution >= 4 is 45.3 Å². The second kappa shape index (κ2) is 6.05. The van der Waals surface area contributed by atoms with E-state index in [1.807, 2.05) is 44.5 Å². The molecular weight excluding hydrogens is 354 g/mol. The van der Waals surface area contributed by atoms with E-state index in [1.54, 1.807) is 22.2 Å². The van der Waals surface area contributed by atoms with Crippen molar-refractivity contribution in [2.45, 2.75) is 13.8 Å². The number of thiophene rings is 1. The maximum Gasteiger partial charge on any atom is 0.267 e. The van der Waals surface area contributed by atoms with Gasteiger partial charge in [-0.05, 0) is 31.4 Å². The van der Waals surface area contributed by atoms with E-state index < -0.39 is 0 Å². The lowest BCUT2D eigenvalue weighted by atomic mass is 10.2. The van der Waals surface area contributed by atoms with Crippen LogP contribution >= 0.6 is 22.7 Å². The number of nitrogens with one attached hydrogen (secondary N) is 1. The van der Waals surface area contributed by atoms with Gasteiger partial charge in [-0.25, -0.2) is 9.97 Å². The highest BCUT2D eigenvalue weighted by Crippen LogP contribution is 2.31. The van der Waals surface area contributed by atoms with Crippen LogP contribution in [0, 0.1) is 13.8 Å². The summed E-state index contributed by atoms with van der Waals surface area (Å²) in [6, 6.07) is 5.89. The molecule has 4 rings (SSSR count). The van der Waals surface area contributed by atoms with E-state index in [1.165, 1.54) is 11.3 Å². The largest absolute Gasteiger partial charge is 0.320 e. The average Bonchev–Trinajstić information content (AvgIpc) is 3.28. The van der Waals surface area contributed by atoms with Gasteiger partial charge in [0.2, 0.25) is 0 Å². The number of fused-ring (bicyclic) bond motifs is 1. The first-order chi connectivity index (χ1) is 12.0. The highest BCUT2D eigenvalue weighted by molar-refractivity contribution is 7.22. The molecule has 8 heteroatoms. The molecule has 0 spiro atoms. The molecule has 0 radical (unpaired) electrons. The number of aromatic nitrogens is 4. The van der Waals surface area contributed by atoms with Gasteiger partial charge in [0.25, 0.3) is 5.91 Å². The number of hydrogen-bond donors (Lipinski definition) is 1. The summed E-state index contributed by atoms with van der Waals surface area (Å²) in [4.78, 5) is 23.3. The number of carbonyl (C=O) groups is 1. The van der Waals surface area contributed by atoms with Crippen LogP contribution < -0.4 is 5.32 Å². The van der Waals surface area contributed by atoms with Crippen LogP contribution in [-0.2, 0) is 7.05 Å².